The van der Waals surface area contributed by atoms with Crippen LogP contribution in [0.4, 0.5) is 0 Å². The van der Waals surface area contributed by atoms with Crippen LogP contribution in [0.15, 0.2) is 0 Å². The lowest BCUT2D eigenvalue weighted by Gasteiger charge is -2.41. The highest BCUT2D eigenvalue weighted by atomic mass is 28.3. The zero-order chi connectivity index (χ0) is 12.4. The maximum Gasteiger partial charge on any atom is 0.210 e. The molecule has 0 radical (unpaired) electrons. The fraction of sp³-hybridized carbons (Fsp3) is 0.833. The largest absolute Gasteiger partial charge is 0.343 e. The first-order valence-corrected chi connectivity index (χ1v) is 13.0. The van der Waals surface area contributed by atoms with Crippen molar-refractivity contribution in [1.29, 1.82) is 0 Å². The summed E-state index contributed by atoms with van der Waals surface area (Å²) in [7, 11) is -2.97. The van der Waals surface area contributed by atoms with E-state index in [1.54, 1.807) is 0 Å². The summed E-state index contributed by atoms with van der Waals surface area (Å²) in [6.45, 7) is 15.1. The molecule has 0 amide bonds. The van der Waals surface area contributed by atoms with Crippen LogP contribution in [-0.2, 0) is 9.47 Å². The standard InChI is InChI=1S/C12H24O2Si2/c1-15(2,3)11-8-12(16(4,5)6)13-9-7-10-14-12/h7,9-10H2,1-6H3. The van der Waals surface area contributed by atoms with Gasteiger partial charge in [0.2, 0.25) is 5.41 Å². The lowest BCUT2D eigenvalue weighted by molar-refractivity contribution is -0.183. The second-order valence-electron chi connectivity index (χ2n) is 6.42. The summed E-state index contributed by atoms with van der Waals surface area (Å²) in [4.78, 5) is 0. The van der Waals surface area contributed by atoms with Gasteiger partial charge >= 0.3 is 0 Å². The molecule has 0 spiro atoms. The van der Waals surface area contributed by atoms with Crippen LogP contribution in [0.3, 0.4) is 0 Å². The third-order valence-electron chi connectivity index (χ3n) is 2.49. The quantitative estimate of drug-likeness (QED) is 0.530. The van der Waals surface area contributed by atoms with Gasteiger partial charge in [-0.15, -0.1) is 5.54 Å². The monoisotopic (exact) mass is 256 g/mol. The van der Waals surface area contributed by atoms with E-state index in [4.69, 9.17) is 9.47 Å². The van der Waals surface area contributed by atoms with Gasteiger partial charge in [0.25, 0.3) is 0 Å². The molecule has 1 heterocycles. The Labute approximate surface area is 102 Å². The topological polar surface area (TPSA) is 18.5 Å². The minimum Gasteiger partial charge on any atom is -0.343 e. The maximum absolute atomic E-state index is 5.91. The molecule has 92 valence electrons. The molecule has 4 heteroatoms. The zero-order valence-electron chi connectivity index (χ0n) is 11.4. The molecule has 0 atom stereocenters. The van der Waals surface area contributed by atoms with Gasteiger partial charge in [-0.3, -0.25) is 0 Å². The highest BCUT2D eigenvalue weighted by Crippen LogP contribution is 2.29. The Morgan fingerprint density at radius 2 is 1.44 bits per heavy atom. The molecular formula is C12H24O2Si2. The average molecular weight is 256 g/mol. The van der Waals surface area contributed by atoms with Crippen molar-refractivity contribution in [2.75, 3.05) is 13.2 Å². The normalized spacial score (nSPS) is 21.1. The van der Waals surface area contributed by atoms with E-state index >= 15 is 0 Å². The van der Waals surface area contributed by atoms with E-state index in [-0.39, 0.29) is 0 Å². The van der Waals surface area contributed by atoms with E-state index in [1.807, 2.05) is 0 Å². The number of ether oxygens (including phenoxy) is 2. The van der Waals surface area contributed by atoms with Crippen molar-refractivity contribution in [3.8, 4) is 11.5 Å². The highest BCUT2D eigenvalue weighted by molar-refractivity contribution is 6.84. The highest BCUT2D eigenvalue weighted by Gasteiger charge is 2.46. The van der Waals surface area contributed by atoms with Crippen LogP contribution in [0.5, 0.6) is 0 Å². The lowest BCUT2D eigenvalue weighted by Crippen LogP contribution is -2.57. The summed E-state index contributed by atoms with van der Waals surface area (Å²) >= 11 is 0. The molecule has 0 aromatic carbocycles. The molecule has 1 aliphatic rings. The summed E-state index contributed by atoms with van der Waals surface area (Å²) < 4.78 is 11.8. The van der Waals surface area contributed by atoms with E-state index in [9.17, 15) is 0 Å². The zero-order valence-corrected chi connectivity index (χ0v) is 13.4. The summed E-state index contributed by atoms with van der Waals surface area (Å²) in [6, 6.07) is 0. The molecule has 1 rings (SSSR count). The second kappa shape index (κ2) is 4.65. The van der Waals surface area contributed by atoms with Crippen molar-refractivity contribution >= 4 is 16.1 Å². The molecule has 1 aliphatic heterocycles. The van der Waals surface area contributed by atoms with Crippen LogP contribution in [0.2, 0.25) is 39.3 Å². The van der Waals surface area contributed by atoms with E-state index < -0.39 is 21.6 Å². The fourth-order valence-electron chi connectivity index (χ4n) is 1.49. The van der Waals surface area contributed by atoms with Crippen molar-refractivity contribution in [2.45, 2.75) is 51.1 Å². The van der Waals surface area contributed by atoms with Gasteiger partial charge in [-0.2, -0.15) is 0 Å². The van der Waals surface area contributed by atoms with E-state index in [2.05, 4.69) is 50.7 Å². The van der Waals surface area contributed by atoms with Gasteiger partial charge in [0.15, 0.2) is 0 Å². The predicted octanol–water partition coefficient (Wildman–Crippen LogP) is 2.88. The molecule has 1 saturated heterocycles. The Morgan fingerprint density at radius 3 is 1.81 bits per heavy atom. The van der Waals surface area contributed by atoms with Gasteiger partial charge in [-0.25, -0.2) is 0 Å². The Hall–Kier alpha value is -0.0862. The van der Waals surface area contributed by atoms with Crippen molar-refractivity contribution in [3.05, 3.63) is 0 Å². The molecule has 0 bridgehead atoms. The maximum atomic E-state index is 5.91. The third-order valence-corrected chi connectivity index (χ3v) is 5.75. The summed E-state index contributed by atoms with van der Waals surface area (Å²) in [6.07, 6.45) is 0.987. The molecule has 16 heavy (non-hydrogen) atoms. The number of rotatable bonds is 1. The van der Waals surface area contributed by atoms with Crippen LogP contribution >= 0.6 is 0 Å². The molecule has 1 fully saturated rings. The minimum atomic E-state index is -1.60. The van der Waals surface area contributed by atoms with Crippen LogP contribution < -0.4 is 0 Å². The van der Waals surface area contributed by atoms with Gasteiger partial charge in [0.1, 0.15) is 16.1 Å². The molecule has 0 saturated carbocycles. The Kier molecular flexibility index (Phi) is 4.06. The molecule has 0 N–H and O–H groups in total. The van der Waals surface area contributed by atoms with Gasteiger partial charge in [-0.05, 0) is 6.42 Å². The molecule has 2 nitrogen and oxygen atoms in total. The van der Waals surface area contributed by atoms with Crippen LogP contribution in [0, 0.1) is 11.5 Å². The predicted molar refractivity (Wildman–Crippen MR) is 73.7 cm³/mol. The van der Waals surface area contributed by atoms with Gasteiger partial charge in [0, 0.05) is 0 Å². The van der Waals surface area contributed by atoms with E-state index in [0.29, 0.717) is 0 Å². The van der Waals surface area contributed by atoms with Crippen LogP contribution in [-0.4, -0.2) is 34.8 Å². The minimum absolute atomic E-state index is 0.564. The van der Waals surface area contributed by atoms with Gasteiger partial charge in [0.05, 0.1) is 13.2 Å². The first-order valence-electron chi connectivity index (χ1n) is 5.99. The van der Waals surface area contributed by atoms with E-state index in [1.165, 1.54) is 0 Å². The molecule has 0 aromatic heterocycles. The lowest BCUT2D eigenvalue weighted by atomic mass is 10.4. The fourth-order valence-corrected chi connectivity index (χ4v) is 3.67. The van der Waals surface area contributed by atoms with Crippen LogP contribution in [0.25, 0.3) is 0 Å². The Balaban J connectivity index is 2.99. The second-order valence-corrected chi connectivity index (χ2v) is 16.3. The Bertz CT molecular complexity index is 296. The molecule has 0 aromatic rings. The first kappa shape index (κ1) is 14.0. The van der Waals surface area contributed by atoms with Gasteiger partial charge in [-0.1, -0.05) is 45.2 Å². The smallest absolute Gasteiger partial charge is 0.210 e. The molecular weight excluding hydrogens is 232 g/mol. The average Bonchev–Trinajstić information content (AvgIpc) is 2.13. The number of hydrogen-bond donors (Lipinski definition) is 0. The van der Waals surface area contributed by atoms with Crippen molar-refractivity contribution in [2.24, 2.45) is 0 Å². The summed E-state index contributed by atoms with van der Waals surface area (Å²) in [5, 5.41) is 0. The van der Waals surface area contributed by atoms with Crippen molar-refractivity contribution < 1.29 is 9.47 Å². The third kappa shape index (κ3) is 3.46. The summed E-state index contributed by atoms with van der Waals surface area (Å²) in [5.74, 6) is 3.34. The van der Waals surface area contributed by atoms with Crippen molar-refractivity contribution in [3.63, 3.8) is 0 Å². The van der Waals surface area contributed by atoms with Crippen LogP contribution in [0.1, 0.15) is 6.42 Å². The van der Waals surface area contributed by atoms with Crippen molar-refractivity contribution in [1.82, 2.24) is 0 Å². The first-order chi connectivity index (χ1) is 7.16. The van der Waals surface area contributed by atoms with E-state index in [0.717, 1.165) is 19.6 Å². The summed E-state index contributed by atoms with van der Waals surface area (Å²) in [5.41, 5.74) is 2.85. The number of hydrogen-bond acceptors (Lipinski definition) is 2. The Morgan fingerprint density at radius 1 is 0.938 bits per heavy atom. The van der Waals surface area contributed by atoms with Gasteiger partial charge < -0.3 is 9.47 Å². The molecule has 0 aliphatic carbocycles. The SMILES string of the molecule is C[Si](C)(C)C#CC1([Si](C)(C)C)OCCCO1. The molecule has 0 unspecified atom stereocenters.